The van der Waals surface area contributed by atoms with E-state index in [1.165, 1.54) is 0 Å². The molecule has 2 N–H and O–H groups in total. The Morgan fingerprint density at radius 2 is 1.44 bits per heavy atom. The molecule has 2 nitrogen and oxygen atoms in total. The fraction of sp³-hybridized carbons (Fsp3) is 1.00. The second-order valence-electron chi connectivity index (χ2n) is 2.15. The van der Waals surface area contributed by atoms with Crippen LogP contribution in [0.2, 0.25) is 0 Å². The molecule has 0 heterocycles. The summed E-state index contributed by atoms with van der Waals surface area (Å²) in [6, 6.07) is 0.634. The van der Waals surface area contributed by atoms with E-state index in [4.69, 9.17) is 0 Å². The third-order valence-electron chi connectivity index (χ3n) is 0.931. The normalized spacial score (nSPS) is 8.67. The van der Waals surface area contributed by atoms with E-state index in [0.29, 0.717) is 6.04 Å². The van der Waals surface area contributed by atoms with E-state index in [1.807, 2.05) is 14.1 Å². The Hall–Kier alpha value is -0.0800. The molecule has 0 aliphatic heterocycles. The Morgan fingerprint density at radius 3 is 1.44 bits per heavy atom. The maximum absolute atomic E-state index is 3.03. The van der Waals surface area contributed by atoms with Crippen LogP contribution >= 0.6 is 0 Å². The molecule has 0 aliphatic carbocycles. The molecule has 0 aliphatic rings. The second-order valence-corrected chi connectivity index (χ2v) is 2.15. The number of hydrogen-bond donors (Lipinski definition) is 2. The van der Waals surface area contributed by atoms with E-state index in [1.54, 1.807) is 0 Å². The Balaban J connectivity index is 0. The summed E-state index contributed by atoms with van der Waals surface area (Å²) in [5, 5.41) is 5.96. The molecule has 0 unspecified atom stereocenters. The minimum atomic E-state index is 0.634. The van der Waals surface area contributed by atoms with E-state index in [-0.39, 0.29) is 0 Å². The van der Waals surface area contributed by atoms with Gasteiger partial charge in [0, 0.05) is 6.04 Å². The molecule has 0 aromatic heterocycles. The second kappa shape index (κ2) is 10.8. The molecule has 0 spiro atoms. The van der Waals surface area contributed by atoms with Crippen LogP contribution in [0, 0.1) is 0 Å². The van der Waals surface area contributed by atoms with Crippen molar-refractivity contribution in [2.45, 2.75) is 26.8 Å². The van der Waals surface area contributed by atoms with Gasteiger partial charge in [0.05, 0.1) is 0 Å². The van der Waals surface area contributed by atoms with Crippen molar-refractivity contribution in [3.63, 3.8) is 0 Å². The maximum Gasteiger partial charge on any atom is 0.000733 e. The quantitative estimate of drug-likeness (QED) is 0.582. The molecule has 0 rings (SSSR count). The molecule has 0 aromatic carbocycles. The summed E-state index contributed by atoms with van der Waals surface area (Å²) in [7, 11) is 3.88. The van der Waals surface area contributed by atoms with Crippen LogP contribution < -0.4 is 10.6 Å². The SMILES string of the molecule is CCNC.CNC(C)C. The molecule has 0 amide bonds. The highest BCUT2D eigenvalue weighted by Crippen LogP contribution is 1.66. The monoisotopic (exact) mass is 132 g/mol. The molecule has 0 aromatic rings. The summed E-state index contributed by atoms with van der Waals surface area (Å²) in [5.41, 5.74) is 0. The lowest BCUT2D eigenvalue weighted by Crippen LogP contribution is -2.15. The molecule has 9 heavy (non-hydrogen) atoms. The molecular weight excluding hydrogens is 112 g/mol. The van der Waals surface area contributed by atoms with Gasteiger partial charge in [0.15, 0.2) is 0 Å². The number of nitrogens with one attached hydrogen (secondary N) is 2. The van der Waals surface area contributed by atoms with Crippen molar-refractivity contribution in [3.05, 3.63) is 0 Å². The molecular formula is C7H20N2. The maximum atomic E-state index is 3.03. The predicted molar refractivity (Wildman–Crippen MR) is 43.8 cm³/mol. The lowest BCUT2D eigenvalue weighted by atomic mass is 10.4. The molecule has 0 atom stereocenters. The van der Waals surface area contributed by atoms with E-state index in [2.05, 4.69) is 31.4 Å². The number of hydrogen-bond acceptors (Lipinski definition) is 2. The molecule has 0 fully saturated rings. The highest BCUT2D eigenvalue weighted by atomic mass is 14.8. The largest absolute Gasteiger partial charge is 0.320 e. The average molecular weight is 132 g/mol. The van der Waals surface area contributed by atoms with Gasteiger partial charge in [-0.3, -0.25) is 0 Å². The fourth-order valence-electron chi connectivity index (χ4n) is 0. The van der Waals surface area contributed by atoms with Crippen LogP contribution in [0.5, 0.6) is 0 Å². The third-order valence-corrected chi connectivity index (χ3v) is 0.931. The van der Waals surface area contributed by atoms with Crippen molar-refractivity contribution < 1.29 is 0 Å². The van der Waals surface area contributed by atoms with Crippen molar-refractivity contribution >= 4 is 0 Å². The van der Waals surface area contributed by atoms with Gasteiger partial charge in [-0.15, -0.1) is 0 Å². The van der Waals surface area contributed by atoms with Gasteiger partial charge in [-0.05, 0) is 20.6 Å². The summed E-state index contributed by atoms with van der Waals surface area (Å²) >= 11 is 0. The summed E-state index contributed by atoms with van der Waals surface area (Å²) in [4.78, 5) is 0. The van der Waals surface area contributed by atoms with Gasteiger partial charge in [0.2, 0.25) is 0 Å². The zero-order chi connectivity index (χ0) is 7.70. The average Bonchev–Trinajstić information content (AvgIpc) is 1.89. The molecule has 0 bridgehead atoms. The van der Waals surface area contributed by atoms with Gasteiger partial charge in [0.1, 0.15) is 0 Å². The van der Waals surface area contributed by atoms with Gasteiger partial charge in [0.25, 0.3) is 0 Å². The summed E-state index contributed by atoms with van der Waals surface area (Å²) in [5.74, 6) is 0. The minimum Gasteiger partial charge on any atom is -0.320 e. The lowest BCUT2D eigenvalue weighted by molar-refractivity contribution is 0.668. The lowest BCUT2D eigenvalue weighted by Gasteiger charge is -1.95. The van der Waals surface area contributed by atoms with Crippen molar-refractivity contribution in [1.29, 1.82) is 0 Å². The summed E-state index contributed by atoms with van der Waals surface area (Å²) < 4.78 is 0. The first-order chi connectivity index (χ1) is 4.18. The minimum absolute atomic E-state index is 0.634. The highest BCUT2D eigenvalue weighted by Gasteiger charge is 1.76. The Labute approximate surface area is 59.0 Å². The Kier molecular flexibility index (Phi) is 14.0. The first-order valence-electron chi connectivity index (χ1n) is 3.50. The van der Waals surface area contributed by atoms with Crippen LogP contribution in [-0.2, 0) is 0 Å². The van der Waals surface area contributed by atoms with Crippen molar-refractivity contribution in [2.75, 3.05) is 20.6 Å². The first kappa shape index (κ1) is 11.7. The van der Waals surface area contributed by atoms with Crippen LogP contribution in [-0.4, -0.2) is 26.7 Å². The smallest absolute Gasteiger partial charge is 0.000733 e. The van der Waals surface area contributed by atoms with E-state index in [0.717, 1.165) is 6.54 Å². The van der Waals surface area contributed by atoms with Crippen LogP contribution in [0.1, 0.15) is 20.8 Å². The number of rotatable bonds is 2. The van der Waals surface area contributed by atoms with Crippen molar-refractivity contribution in [1.82, 2.24) is 10.6 Å². The van der Waals surface area contributed by atoms with Gasteiger partial charge in [-0.2, -0.15) is 0 Å². The van der Waals surface area contributed by atoms with Crippen LogP contribution in [0.25, 0.3) is 0 Å². The summed E-state index contributed by atoms with van der Waals surface area (Å²) in [6.45, 7) is 7.36. The zero-order valence-electron chi connectivity index (χ0n) is 7.28. The molecule has 0 saturated heterocycles. The molecule has 58 valence electrons. The molecule has 0 saturated carbocycles. The van der Waals surface area contributed by atoms with Gasteiger partial charge in [-0.1, -0.05) is 20.8 Å². The van der Waals surface area contributed by atoms with E-state index in [9.17, 15) is 0 Å². The van der Waals surface area contributed by atoms with Crippen molar-refractivity contribution in [3.8, 4) is 0 Å². The summed E-state index contributed by atoms with van der Waals surface area (Å²) in [6.07, 6.45) is 0. The topological polar surface area (TPSA) is 24.1 Å². The predicted octanol–water partition coefficient (Wildman–Crippen LogP) is 0.840. The van der Waals surface area contributed by atoms with Gasteiger partial charge in [-0.25, -0.2) is 0 Å². The third kappa shape index (κ3) is 32.6. The fourth-order valence-corrected chi connectivity index (χ4v) is 0. The van der Waals surface area contributed by atoms with Gasteiger partial charge >= 0.3 is 0 Å². The van der Waals surface area contributed by atoms with E-state index >= 15 is 0 Å². The van der Waals surface area contributed by atoms with Gasteiger partial charge < -0.3 is 10.6 Å². The Morgan fingerprint density at radius 1 is 1.22 bits per heavy atom. The zero-order valence-corrected chi connectivity index (χ0v) is 7.28. The van der Waals surface area contributed by atoms with Crippen molar-refractivity contribution in [2.24, 2.45) is 0 Å². The Bertz CT molecular complexity index is 33.9. The highest BCUT2D eigenvalue weighted by molar-refractivity contribution is 4.40. The van der Waals surface area contributed by atoms with Crippen LogP contribution in [0.3, 0.4) is 0 Å². The van der Waals surface area contributed by atoms with Crippen LogP contribution in [0.15, 0.2) is 0 Å². The molecule has 2 heteroatoms. The molecule has 0 radical (unpaired) electrons. The standard InChI is InChI=1S/C4H11N.C3H9N/c1-4(2)5-3;1-3-4-2/h4-5H,1-3H3;4H,3H2,1-2H3. The first-order valence-corrected chi connectivity index (χ1v) is 3.50. The van der Waals surface area contributed by atoms with E-state index < -0.39 is 0 Å². The van der Waals surface area contributed by atoms with Crippen LogP contribution in [0.4, 0.5) is 0 Å².